The van der Waals surface area contributed by atoms with Crippen molar-refractivity contribution in [2.75, 3.05) is 11.9 Å². The molecular weight excluding hydrogens is 264 g/mol. The van der Waals surface area contributed by atoms with Crippen molar-refractivity contribution in [2.24, 2.45) is 0 Å². The topological polar surface area (TPSA) is 59.1 Å². The van der Waals surface area contributed by atoms with E-state index in [0.29, 0.717) is 12.5 Å². The first-order valence-corrected chi connectivity index (χ1v) is 7.35. The van der Waals surface area contributed by atoms with Gasteiger partial charge in [-0.2, -0.15) is 0 Å². The molecule has 0 aliphatic carbocycles. The van der Waals surface area contributed by atoms with Crippen LogP contribution in [-0.2, 0) is 19.6 Å². The van der Waals surface area contributed by atoms with Crippen LogP contribution in [0.15, 0.2) is 30.6 Å². The molecule has 0 bridgehead atoms. The molecule has 1 aromatic carbocycles. The molecule has 5 heteroatoms. The lowest BCUT2D eigenvalue weighted by Crippen LogP contribution is -2.04. The molecule has 0 fully saturated rings. The summed E-state index contributed by atoms with van der Waals surface area (Å²) in [5.74, 6) is 1.40. The van der Waals surface area contributed by atoms with Gasteiger partial charge in [0.05, 0.1) is 6.61 Å². The Morgan fingerprint density at radius 3 is 3.00 bits per heavy atom. The number of nitrogens with one attached hydrogen (secondary N) is 2. The second-order valence-corrected chi connectivity index (χ2v) is 5.15. The number of benzene rings is 1. The molecule has 3 rings (SSSR count). The van der Waals surface area contributed by atoms with Gasteiger partial charge in [0, 0.05) is 25.7 Å². The molecule has 0 saturated carbocycles. The number of anilines is 1. The van der Waals surface area contributed by atoms with E-state index in [2.05, 4.69) is 45.7 Å². The number of hydrogen-bond acceptors (Lipinski definition) is 5. The Labute approximate surface area is 124 Å². The molecule has 0 amide bonds. The Morgan fingerprint density at radius 2 is 2.10 bits per heavy atom. The lowest BCUT2D eigenvalue weighted by atomic mass is 10.1. The first kappa shape index (κ1) is 13.8. The summed E-state index contributed by atoms with van der Waals surface area (Å²) >= 11 is 0. The van der Waals surface area contributed by atoms with E-state index in [1.165, 1.54) is 23.0 Å². The molecule has 0 atom stereocenters. The quantitative estimate of drug-likeness (QED) is 0.853. The van der Waals surface area contributed by atoms with Crippen LogP contribution in [0.5, 0.6) is 5.88 Å². The summed E-state index contributed by atoms with van der Waals surface area (Å²) in [6.07, 6.45) is 2.50. The average molecular weight is 284 g/mol. The Bertz CT molecular complexity index is 615. The predicted molar refractivity (Wildman–Crippen MR) is 82.1 cm³/mol. The van der Waals surface area contributed by atoms with Crippen LogP contribution in [0.2, 0.25) is 0 Å². The Balaban J connectivity index is 1.62. The minimum absolute atomic E-state index is 0.618. The summed E-state index contributed by atoms with van der Waals surface area (Å²) < 4.78 is 5.51. The maximum Gasteiger partial charge on any atom is 0.218 e. The molecule has 2 aromatic rings. The number of aromatic nitrogens is 2. The Morgan fingerprint density at radius 1 is 1.19 bits per heavy atom. The van der Waals surface area contributed by atoms with Crippen molar-refractivity contribution in [2.45, 2.75) is 33.0 Å². The fourth-order valence-electron chi connectivity index (χ4n) is 2.37. The first-order valence-electron chi connectivity index (χ1n) is 7.35. The van der Waals surface area contributed by atoms with Crippen molar-refractivity contribution in [3.05, 3.63) is 47.3 Å². The first-order chi connectivity index (χ1) is 10.3. The third-order valence-corrected chi connectivity index (χ3v) is 3.47. The van der Waals surface area contributed by atoms with E-state index in [1.54, 1.807) is 0 Å². The van der Waals surface area contributed by atoms with Gasteiger partial charge in [0.25, 0.3) is 0 Å². The highest BCUT2D eigenvalue weighted by Gasteiger charge is 2.09. The zero-order chi connectivity index (χ0) is 14.5. The summed E-state index contributed by atoms with van der Waals surface area (Å²) in [7, 11) is 0. The third-order valence-electron chi connectivity index (χ3n) is 3.47. The van der Waals surface area contributed by atoms with Crippen LogP contribution in [0.4, 0.5) is 5.82 Å². The van der Waals surface area contributed by atoms with Gasteiger partial charge in [0.2, 0.25) is 5.88 Å². The van der Waals surface area contributed by atoms with E-state index in [-0.39, 0.29) is 0 Å². The van der Waals surface area contributed by atoms with E-state index in [9.17, 15) is 0 Å². The van der Waals surface area contributed by atoms with Crippen LogP contribution < -0.4 is 15.4 Å². The van der Waals surface area contributed by atoms with Gasteiger partial charge in [-0.3, -0.25) is 0 Å². The van der Waals surface area contributed by atoms with Crippen molar-refractivity contribution in [3.8, 4) is 5.88 Å². The molecular formula is C16H20N4O. The molecule has 0 saturated heterocycles. The highest BCUT2D eigenvalue weighted by molar-refractivity contribution is 5.40. The molecule has 1 aromatic heterocycles. The standard InChI is InChI=1S/C16H20N4O/c1-2-5-21-16-7-15(19-11-20-16)18-8-12-3-4-13-9-17-10-14(13)6-12/h3-4,6-7,11,17H,2,5,8-10H2,1H3,(H,18,19,20). The van der Waals surface area contributed by atoms with Gasteiger partial charge < -0.3 is 15.4 Å². The molecule has 2 heterocycles. The summed E-state index contributed by atoms with van der Waals surface area (Å²) in [5.41, 5.74) is 4.05. The Kier molecular flexibility index (Phi) is 4.31. The summed E-state index contributed by atoms with van der Waals surface area (Å²) in [4.78, 5) is 8.32. The predicted octanol–water partition coefficient (Wildman–Crippen LogP) is 2.48. The number of ether oxygens (including phenoxy) is 1. The third kappa shape index (κ3) is 3.49. The van der Waals surface area contributed by atoms with Crippen LogP contribution in [0.1, 0.15) is 30.0 Å². The highest BCUT2D eigenvalue weighted by atomic mass is 16.5. The van der Waals surface area contributed by atoms with Crippen molar-refractivity contribution < 1.29 is 4.74 Å². The second-order valence-electron chi connectivity index (χ2n) is 5.15. The lowest BCUT2D eigenvalue weighted by molar-refractivity contribution is 0.305. The number of hydrogen-bond donors (Lipinski definition) is 2. The smallest absolute Gasteiger partial charge is 0.218 e. The molecule has 5 nitrogen and oxygen atoms in total. The van der Waals surface area contributed by atoms with Gasteiger partial charge in [0.1, 0.15) is 12.1 Å². The molecule has 21 heavy (non-hydrogen) atoms. The van der Waals surface area contributed by atoms with Crippen molar-refractivity contribution in [1.82, 2.24) is 15.3 Å². The minimum atomic E-state index is 0.618. The maximum atomic E-state index is 5.51. The van der Waals surface area contributed by atoms with Crippen LogP contribution in [0, 0.1) is 0 Å². The molecule has 2 N–H and O–H groups in total. The number of fused-ring (bicyclic) bond motifs is 1. The molecule has 110 valence electrons. The van der Waals surface area contributed by atoms with Crippen molar-refractivity contribution >= 4 is 5.82 Å². The fraction of sp³-hybridized carbons (Fsp3) is 0.375. The van der Waals surface area contributed by atoms with Gasteiger partial charge in [-0.15, -0.1) is 0 Å². The highest BCUT2D eigenvalue weighted by Crippen LogP contribution is 2.18. The van der Waals surface area contributed by atoms with Crippen LogP contribution >= 0.6 is 0 Å². The maximum absolute atomic E-state index is 5.51. The van der Waals surface area contributed by atoms with Crippen molar-refractivity contribution in [3.63, 3.8) is 0 Å². The van der Waals surface area contributed by atoms with Gasteiger partial charge in [-0.1, -0.05) is 25.1 Å². The van der Waals surface area contributed by atoms with Gasteiger partial charge in [0.15, 0.2) is 0 Å². The molecule has 1 aliphatic heterocycles. The van der Waals surface area contributed by atoms with Gasteiger partial charge in [-0.05, 0) is 23.1 Å². The summed E-state index contributed by atoms with van der Waals surface area (Å²) in [6.45, 7) is 5.44. The fourth-order valence-corrected chi connectivity index (χ4v) is 2.37. The average Bonchev–Trinajstić information content (AvgIpc) is 2.99. The van der Waals surface area contributed by atoms with Crippen LogP contribution in [0.3, 0.4) is 0 Å². The number of nitrogens with zero attached hydrogens (tertiary/aromatic N) is 2. The normalized spacial score (nSPS) is 13.0. The van der Waals surface area contributed by atoms with E-state index in [0.717, 1.165) is 31.9 Å². The van der Waals surface area contributed by atoms with E-state index >= 15 is 0 Å². The monoisotopic (exact) mass is 284 g/mol. The van der Waals surface area contributed by atoms with E-state index in [1.807, 2.05) is 6.07 Å². The summed E-state index contributed by atoms with van der Waals surface area (Å²) in [6, 6.07) is 8.44. The summed E-state index contributed by atoms with van der Waals surface area (Å²) in [5, 5.41) is 6.68. The second kappa shape index (κ2) is 6.54. The molecule has 0 unspecified atom stereocenters. The Hall–Kier alpha value is -2.14. The van der Waals surface area contributed by atoms with Gasteiger partial charge in [-0.25, -0.2) is 9.97 Å². The van der Waals surface area contributed by atoms with E-state index < -0.39 is 0 Å². The largest absolute Gasteiger partial charge is 0.478 e. The van der Waals surface area contributed by atoms with Crippen molar-refractivity contribution in [1.29, 1.82) is 0 Å². The SMILES string of the molecule is CCCOc1cc(NCc2ccc3c(c2)CNC3)ncn1. The minimum Gasteiger partial charge on any atom is -0.478 e. The van der Waals surface area contributed by atoms with Crippen LogP contribution in [-0.4, -0.2) is 16.6 Å². The van der Waals surface area contributed by atoms with Gasteiger partial charge >= 0.3 is 0 Å². The zero-order valence-corrected chi connectivity index (χ0v) is 12.2. The number of rotatable bonds is 6. The lowest BCUT2D eigenvalue weighted by Gasteiger charge is -2.09. The van der Waals surface area contributed by atoms with E-state index in [4.69, 9.17) is 4.74 Å². The zero-order valence-electron chi connectivity index (χ0n) is 12.2. The molecule has 1 aliphatic rings. The molecule has 0 spiro atoms. The van der Waals surface area contributed by atoms with Crippen LogP contribution in [0.25, 0.3) is 0 Å². The molecule has 0 radical (unpaired) electrons.